The summed E-state index contributed by atoms with van der Waals surface area (Å²) < 4.78 is 0. The van der Waals surface area contributed by atoms with Gasteiger partial charge < -0.3 is 29.4 Å². The van der Waals surface area contributed by atoms with E-state index in [0.29, 0.717) is 0 Å². The first kappa shape index (κ1) is 83.1. The van der Waals surface area contributed by atoms with Gasteiger partial charge in [-0.1, -0.05) is 346 Å². The van der Waals surface area contributed by atoms with Gasteiger partial charge in [0.2, 0.25) is 0 Å². The van der Waals surface area contributed by atoms with Crippen molar-refractivity contribution in [1.82, 2.24) is 0 Å². The highest BCUT2D eigenvalue weighted by Gasteiger charge is 2.21. The number of fused-ring (bicyclic) bond motifs is 10. The third-order valence-electron chi connectivity index (χ3n) is 26.4. The van der Waals surface area contributed by atoms with Crippen molar-refractivity contribution in [3.8, 4) is 33.4 Å². The monoisotopic (exact) mass is 1730 g/mol. The quantitative estimate of drug-likeness (QED) is 0.0625. The maximum absolute atomic E-state index is 2.32. The minimum Gasteiger partial charge on any atom is -0.345 e. The third-order valence-corrected chi connectivity index (χ3v) is 26.4. The molecule has 0 aromatic heterocycles. The minimum atomic E-state index is 1.12. The summed E-state index contributed by atoms with van der Waals surface area (Å²) >= 11 is 0. The van der Waals surface area contributed by atoms with Crippen LogP contribution in [0.25, 0.3) is 130 Å². The van der Waals surface area contributed by atoms with Gasteiger partial charge in [-0.2, -0.15) is 0 Å². The van der Waals surface area contributed by atoms with E-state index in [1.54, 1.807) is 0 Å². The number of rotatable bonds is 18. The Labute approximate surface area is 788 Å². The summed E-state index contributed by atoms with van der Waals surface area (Å²) in [7, 11) is 6.46. The largest absolute Gasteiger partial charge is 0.345 e. The molecule has 0 aliphatic carbocycles. The Morgan fingerprint density at radius 2 is 0.341 bits per heavy atom. The second kappa shape index (κ2) is 37.1. The van der Waals surface area contributed by atoms with Gasteiger partial charge in [0.15, 0.2) is 0 Å². The van der Waals surface area contributed by atoms with Crippen molar-refractivity contribution in [1.29, 1.82) is 0 Å². The van der Waals surface area contributed by atoms with Crippen LogP contribution in [0.2, 0.25) is 0 Å². The topological polar surface area (TPSA) is 19.4 Å². The molecule has 24 rings (SSSR count). The lowest BCUT2D eigenvalue weighted by molar-refractivity contribution is 1.21. The van der Waals surface area contributed by atoms with Gasteiger partial charge in [-0.25, -0.2) is 0 Å². The van der Waals surface area contributed by atoms with Crippen LogP contribution in [0, 0.1) is 0 Å². The fraction of sp³-hybridized carbons (Fsp3) is 0.0233. The SMILES string of the molecule is CN(c1ccc(-c2ccc(N(c3ccccc3)c3ccc4ccccc4c3)cc2)cc1)c1c2ccccc2cc2ccccc12.CN(c1ccc(-c2ccc(N(c3ccccc3)c3ccc4ccccc4c3)cc2)cc1)c1cc2ccccc2c2ccccc12.CN(c1ccc(-c2ccc(N(c3ccccc3)c3ccc4ccccc4c3)cc2)cc1)c1ccc2cc3ccccc3cc2c1. The second-order valence-corrected chi connectivity index (χ2v) is 34.6. The zero-order valence-electron chi connectivity index (χ0n) is 75.4. The number of anilines is 15. The minimum absolute atomic E-state index is 1.12. The van der Waals surface area contributed by atoms with Crippen molar-refractivity contribution in [3.05, 3.63) is 528 Å². The Hall–Kier alpha value is -17.6. The molecule has 6 nitrogen and oxygen atoms in total. The predicted molar refractivity (Wildman–Crippen MR) is 581 cm³/mol. The van der Waals surface area contributed by atoms with E-state index in [4.69, 9.17) is 0 Å². The molecule has 24 aromatic rings. The zero-order valence-corrected chi connectivity index (χ0v) is 75.4. The van der Waals surface area contributed by atoms with Crippen LogP contribution in [0.15, 0.2) is 528 Å². The Morgan fingerprint density at radius 3 is 0.711 bits per heavy atom. The van der Waals surface area contributed by atoms with Gasteiger partial charge in [0.25, 0.3) is 0 Å². The molecule has 24 aromatic carbocycles. The van der Waals surface area contributed by atoms with Gasteiger partial charge >= 0.3 is 0 Å². The first-order chi connectivity index (χ1) is 66.6. The van der Waals surface area contributed by atoms with Crippen molar-refractivity contribution >= 4 is 182 Å². The average Bonchev–Trinajstić information content (AvgIpc) is 0.802. The van der Waals surface area contributed by atoms with Gasteiger partial charge in [-0.15, -0.1) is 0 Å². The molecule has 0 aliphatic rings. The molecule has 0 saturated carbocycles. The highest BCUT2D eigenvalue weighted by atomic mass is 15.2. The molecule has 0 N–H and O–H groups in total. The van der Waals surface area contributed by atoms with E-state index >= 15 is 0 Å². The molecule has 0 amide bonds. The number of benzene rings is 24. The Bertz CT molecular complexity index is 8310. The normalized spacial score (nSPS) is 11.2. The summed E-state index contributed by atoms with van der Waals surface area (Å²) in [6.07, 6.45) is 0. The van der Waals surface area contributed by atoms with E-state index in [-0.39, 0.29) is 0 Å². The Kier molecular flexibility index (Phi) is 22.8. The van der Waals surface area contributed by atoms with Crippen LogP contribution in [0.1, 0.15) is 0 Å². The molecular formula is C129H96N6. The summed E-state index contributed by atoms with van der Waals surface area (Å²) in [5.41, 5.74) is 24.4. The molecule has 0 spiro atoms. The first-order valence-corrected chi connectivity index (χ1v) is 46.2. The molecule has 0 atom stereocenters. The summed E-state index contributed by atoms with van der Waals surface area (Å²) in [5, 5.41) is 22.6. The number of hydrogen-bond donors (Lipinski definition) is 0. The maximum Gasteiger partial charge on any atom is 0.0567 e. The number of nitrogens with zero attached hydrogens (tertiary/aromatic N) is 6. The molecule has 135 heavy (non-hydrogen) atoms. The van der Waals surface area contributed by atoms with Gasteiger partial charge in [-0.05, 0) is 296 Å². The van der Waals surface area contributed by atoms with Crippen LogP contribution in [-0.4, -0.2) is 21.1 Å². The third kappa shape index (κ3) is 17.1. The molecule has 0 fully saturated rings. The second-order valence-electron chi connectivity index (χ2n) is 34.6. The van der Waals surface area contributed by atoms with E-state index in [2.05, 4.69) is 578 Å². The first-order valence-electron chi connectivity index (χ1n) is 46.2. The van der Waals surface area contributed by atoms with Gasteiger partial charge in [0, 0.05) is 117 Å². The number of hydrogen-bond acceptors (Lipinski definition) is 6. The molecule has 0 heterocycles. The average molecular weight is 1730 g/mol. The van der Waals surface area contributed by atoms with Crippen LogP contribution in [-0.2, 0) is 0 Å². The van der Waals surface area contributed by atoms with Crippen LogP contribution in [0.3, 0.4) is 0 Å². The molecule has 0 bridgehead atoms. The standard InChI is InChI=1S/3C43H32N2/c1-44(43-41-17-9-7-13-35(41)29-36-14-8-10-18-42(36)43)37-24-19-32(20-25-37)33-21-26-39(27-22-33)45(38-15-3-2-4-16-38)40-28-23-31-11-5-6-12-34(31)30-40;1-44(43-30-35-13-7-8-16-40(35)41-17-9-10-18-42(41)43)36-24-19-32(20-25-36)33-21-26-38(27-22-33)45(37-14-3-2-4-15-37)39-28-23-31-11-5-6-12-34(31)29-39;1-44(42-25-20-37-27-34-10-7-8-11-35(34)28-38(37)30-42)39-21-15-32(16-22-39)33-17-23-41(24-18-33)45(40-13-3-2-4-14-40)43-26-19-31-9-5-6-12-36(31)29-43/h3*2-30H,1H3. The summed E-state index contributed by atoms with van der Waals surface area (Å²) in [4.78, 5) is 13.8. The zero-order chi connectivity index (χ0) is 90.5. The van der Waals surface area contributed by atoms with E-state index < -0.39 is 0 Å². The van der Waals surface area contributed by atoms with Crippen molar-refractivity contribution in [3.63, 3.8) is 0 Å². The molecule has 0 unspecified atom stereocenters. The predicted octanol–water partition coefficient (Wildman–Crippen LogP) is 36.2. The fourth-order valence-corrected chi connectivity index (χ4v) is 19.3. The fourth-order valence-electron chi connectivity index (χ4n) is 19.3. The van der Waals surface area contributed by atoms with Gasteiger partial charge in [0.05, 0.1) is 5.69 Å². The van der Waals surface area contributed by atoms with E-state index in [1.165, 1.54) is 147 Å². The molecule has 6 heteroatoms. The molecule has 0 radical (unpaired) electrons. The molecular weight excluding hydrogens is 1630 g/mol. The van der Waals surface area contributed by atoms with Crippen LogP contribution in [0.4, 0.5) is 85.3 Å². The lowest BCUT2D eigenvalue weighted by Crippen LogP contribution is -2.10. The smallest absolute Gasteiger partial charge is 0.0567 e. The molecule has 0 saturated heterocycles. The van der Waals surface area contributed by atoms with E-state index in [0.717, 1.165) is 68.2 Å². The van der Waals surface area contributed by atoms with E-state index in [1.807, 2.05) is 0 Å². The molecule has 0 aliphatic heterocycles. The van der Waals surface area contributed by atoms with Crippen LogP contribution in [0.5, 0.6) is 0 Å². The summed E-state index contributed by atoms with van der Waals surface area (Å²) in [6.45, 7) is 0. The van der Waals surface area contributed by atoms with Crippen LogP contribution < -0.4 is 29.4 Å². The van der Waals surface area contributed by atoms with Crippen molar-refractivity contribution < 1.29 is 0 Å². The van der Waals surface area contributed by atoms with Crippen molar-refractivity contribution in [2.75, 3.05) is 50.5 Å². The highest BCUT2D eigenvalue weighted by molar-refractivity contribution is 6.15. The summed E-state index contributed by atoms with van der Waals surface area (Å²) in [6, 6.07) is 190. The molecule has 642 valence electrons. The Morgan fingerprint density at radius 1 is 0.119 bits per heavy atom. The van der Waals surface area contributed by atoms with E-state index in [9.17, 15) is 0 Å². The lowest BCUT2D eigenvalue weighted by Gasteiger charge is -2.26. The summed E-state index contributed by atoms with van der Waals surface area (Å²) in [5.74, 6) is 0. The van der Waals surface area contributed by atoms with Gasteiger partial charge in [-0.3, -0.25) is 0 Å². The maximum atomic E-state index is 2.32. The van der Waals surface area contributed by atoms with Gasteiger partial charge in [0.1, 0.15) is 0 Å². The van der Waals surface area contributed by atoms with Crippen molar-refractivity contribution in [2.24, 2.45) is 0 Å². The highest BCUT2D eigenvalue weighted by Crippen LogP contribution is 2.46. The Balaban J connectivity index is 0.000000118. The van der Waals surface area contributed by atoms with Crippen molar-refractivity contribution in [2.45, 2.75) is 0 Å². The lowest BCUT2D eigenvalue weighted by atomic mass is 9.99. The van der Waals surface area contributed by atoms with Crippen LogP contribution >= 0.6 is 0 Å². The number of para-hydroxylation sites is 3.